The van der Waals surface area contributed by atoms with Crippen molar-refractivity contribution in [3.63, 3.8) is 0 Å². The number of aryl methyl sites for hydroxylation is 2. The predicted molar refractivity (Wildman–Crippen MR) is 93.6 cm³/mol. The molecule has 0 N–H and O–H groups in total. The summed E-state index contributed by atoms with van der Waals surface area (Å²) in [5.41, 5.74) is 3.72. The van der Waals surface area contributed by atoms with E-state index in [-0.39, 0.29) is 11.1 Å². The molecule has 0 saturated heterocycles. The molecule has 3 heterocycles. The molecule has 24 heavy (non-hydrogen) atoms. The minimum atomic E-state index is -0.242. The van der Waals surface area contributed by atoms with Crippen LogP contribution in [0.5, 0.6) is 0 Å². The van der Waals surface area contributed by atoms with Crippen LogP contribution in [0.15, 0.2) is 45.9 Å². The van der Waals surface area contributed by atoms with Crippen LogP contribution in [-0.2, 0) is 6.54 Å². The van der Waals surface area contributed by atoms with Crippen molar-refractivity contribution in [1.29, 1.82) is 0 Å². The van der Waals surface area contributed by atoms with Gasteiger partial charge in [0, 0.05) is 10.7 Å². The van der Waals surface area contributed by atoms with Crippen molar-refractivity contribution in [3.8, 4) is 0 Å². The number of rotatable bonds is 2. The molecule has 0 unspecified atom stereocenters. The first-order chi connectivity index (χ1) is 11.5. The summed E-state index contributed by atoms with van der Waals surface area (Å²) in [7, 11) is 0. The maximum Gasteiger partial charge on any atom is 0.297 e. The zero-order valence-electron chi connectivity index (χ0n) is 13.2. The molecule has 0 saturated carbocycles. The Hall–Kier alpha value is -2.66. The molecule has 1 aromatic carbocycles. The van der Waals surface area contributed by atoms with E-state index in [1.807, 2.05) is 38.1 Å². The normalized spacial score (nSPS) is 11.5. The molecule has 4 aromatic rings. The van der Waals surface area contributed by atoms with E-state index >= 15 is 0 Å². The lowest BCUT2D eigenvalue weighted by molar-refractivity contribution is 0.630. The molecule has 0 fully saturated rings. The van der Waals surface area contributed by atoms with Crippen LogP contribution in [0.4, 0.5) is 0 Å². The first-order valence-corrected chi connectivity index (χ1v) is 7.91. The number of halogens is 1. The van der Waals surface area contributed by atoms with Crippen LogP contribution in [-0.4, -0.2) is 14.5 Å². The molecule has 0 amide bonds. The largest absolute Gasteiger partial charge is 0.430 e. The highest BCUT2D eigenvalue weighted by Crippen LogP contribution is 2.25. The number of nitrogens with zero attached hydrogens (tertiary/aromatic N) is 3. The van der Waals surface area contributed by atoms with Crippen LogP contribution < -0.4 is 5.56 Å². The molecule has 0 spiro atoms. The molecule has 0 bridgehead atoms. The van der Waals surface area contributed by atoms with Crippen LogP contribution in [0.3, 0.4) is 0 Å². The standard InChI is InChI=1S/C18H14ClN3O2/c1-10-7-13-15-16(24-17(13)21-11(10)2)18(23)22(9-20-15)8-12-5-3-4-6-14(12)19/h3-7,9H,8H2,1-2H3. The van der Waals surface area contributed by atoms with E-state index in [9.17, 15) is 4.79 Å². The molecular formula is C18H14ClN3O2. The lowest BCUT2D eigenvalue weighted by Crippen LogP contribution is -2.20. The maximum atomic E-state index is 12.7. The molecule has 0 radical (unpaired) electrons. The van der Waals surface area contributed by atoms with E-state index in [0.29, 0.717) is 22.8 Å². The molecule has 120 valence electrons. The first kappa shape index (κ1) is 14.9. The Kier molecular flexibility index (Phi) is 3.39. The predicted octanol–water partition coefficient (Wildman–Crippen LogP) is 3.86. The van der Waals surface area contributed by atoms with E-state index in [4.69, 9.17) is 16.0 Å². The molecule has 0 aliphatic rings. The highest BCUT2D eigenvalue weighted by molar-refractivity contribution is 6.31. The van der Waals surface area contributed by atoms with E-state index in [1.54, 1.807) is 6.07 Å². The van der Waals surface area contributed by atoms with Crippen molar-refractivity contribution in [2.24, 2.45) is 0 Å². The molecule has 0 atom stereocenters. The second-order valence-corrected chi connectivity index (χ2v) is 6.20. The van der Waals surface area contributed by atoms with Gasteiger partial charge >= 0.3 is 0 Å². The fourth-order valence-electron chi connectivity index (χ4n) is 2.70. The van der Waals surface area contributed by atoms with E-state index in [1.165, 1.54) is 10.9 Å². The number of aromatic nitrogens is 3. The van der Waals surface area contributed by atoms with Crippen molar-refractivity contribution in [3.05, 3.63) is 68.9 Å². The lowest BCUT2D eigenvalue weighted by atomic mass is 10.2. The van der Waals surface area contributed by atoms with Gasteiger partial charge in [0.25, 0.3) is 5.56 Å². The molecule has 0 aliphatic carbocycles. The quantitative estimate of drug-likeness (QED) is 0.556. The Morgan fingerprint density at radius 2 is 2.04 bits per heavy atom. The topological polar surface area (TPSA) is 60.9 Å². The third-order valence-corrected chi connectivity index (χ3v) is 4.55. The summed E-state index contributed by atoms with van der Waals surface area (Å²) in [4.78, 5) is 21.6. The Morgan fingerprint density at radius 3 is 2.83 bits per heavy atom. The molecular weight excluding hydrogens is 326 g/mol. The lowest BCUT2D eigenvalue weighted by Gasteiger charge is -2.06. The van der Waals surface area contributed by atoms with Gasteiger partial charge in [-0.2, -0.15) is 0 Å². The molecule has 3 aromatic heterocycles. The van der Waals surface area contributed by atoms with Gasteiger partial charge in [-0.25, -0.2) is 9.97 Å². The van der Waals surface area contributed by atoms with Gasteiger partial charge in [-0.3, -0.25) is 9.36 Å². The summed E-state index contributed by atoms with van der Waals surface area (Å²) in [6, 6.07) is 9.37. The van der Waals surface area contributed by atoms with Gasteiger partial charge in [0.1, 0.15) is 5.52 Å². The minimum Gasteiger partial charge on any atom is -0.430 e. The average Bonchev–Trinajstić information content (AvgIpc) is 2.91. The van der Waals surface area contributed by atoms with Crippen LogP contribution in [0.2, 0.25) is 5.02 Å². The summed E-state index contributed by atoms with van der Waals surface area (Å²) in [5.74, 6) is 0. The highest BCUT2D eigenvalue weighted by atomic mass is 35.5. The number of hydrogen-bond acceptors (Lipinski definition) is 4. The number of benzene rings is 1. The Bertz CT molecular complexity index is 1140. The fraction of sp³-hybridized carbons (Fsp3) is 0.167. The van der Waals surface area contributed by atoms with Gasteiger partial charge in [0.15, 0.2) is 0 Å². The van der Waals surface area contributed by atoms with E-state index in [2.05, 4.69) is 9.97 Å². The molecule has 5 nitrogen and oxygen atoms in total. The number of fused-ring (bicyclic) bond motifs is 3. The van der Waals surface area contributed by atoms with Crippen LogP contribution >= 0.6 is 11.6 Å². The van der Waals surface area contributed by atoms with Crippen molar-refractivity contribution < 1.29 is 4.42 Å². The van der Waals surface area contributed by atoms with Gasteiger partial charge in [0.05, 0.1) is 18.3 Å². The Labute approximate surface area is 142 Å². The van der Waals surface area contributed by atoms with Gasteiger partial charge in [-0.1, -0.05) is 29.8 Å². The second-order valence-electron chi connectivity index (χ2n) is 5.79. The van der Waals surface area contributed by atoms with Crippen molar-refractivity contribution in [1.82, 2.24) is 14.5 Å². The number of furan rings is 1. The van der Waals surface area contributed by atoms with Gasteiger partial charge in [0.2, 0.25) is 11.3 Å². The first-order valence-electron chi connectivity index (χ1n) is 7.54. The van der Waals surface area contributed by atoms with Gasteiger partial charge in [-0.05, 0) is 37.1 Å². The van der Waals surface area contributed by atoms with Crippen LogP contribution in [0.1, 0.15) is 16.8 Å². The van der Waals surface area contributed by atoms with Gasteiger partial charge < -0.3 is 4.42 Å². The monoisotopic (exact) mass is 339 g/mol. The molecule has 6 heteroatoms. The highest BCUT2D eigenvalue weighted by Gasteiger charge is 2.16. The SMILES string of the molecule is Cc1cc2c(nc1C)oc1c(=O)n(Cc3ccccc3Cl)cnc12. The summed E-state index contributed by atoms with van der Waals surface area (Å²) in [6.45, 7) is 4.22. The van der Waals surface area contributed by atoms with Crippen LogP contribution in [0, 0.1) is 13.8 Å². The second kappa shape index (κ2) is 5.46. The summed E-state index contributed by atoms with van der Waals surface area (Å²) in [6.07, 6.45) is 1.53. The Morgan fingerprint density at radius 1 is 1.25 bits per heavy atom. The molecule has 0 aliphatic heterocycles. The average molecular weight is 340 g/mol. The number of hydrogen-bond donors (Lipinski definition) is 0. The summed E-state index contributed by atoms with van der Waals surface area (Å²) in [5, 5.41) is 1.37. The summed E-state index contributed by atoms with van der Waals surface area (Å²) < 4.78 is 7.18. The molecule has 4 rings (SSSR count). The third kappa shape index (κ3) is 2.29. The smallest absolute Gasteiger partial charge is 0.297 e. The van der Waals surface area contributed by atoms with Crippen LogP contribution in [0.25, 0.3) is 22.2 Å². The number of pyridine rings is 1. The fourth-order valence-corrected chi connectivity index (χ4v) is 2.90. The maximum absolute atomic E-state index is 12.7. The van der Waals surface area contributed by atoms with Crippen molar-refractivity contribution in [2.45, 2.75) is 20.4 Å². The Balaban J connectivity index is 1.91. The zero-order valence-corrected chi connectivity index (χ0v) is 14.0. The minimum absolute atomic E-state index is 0.219. The zero-order chi connectivity index (χ0) is 16.8. The van der Waals surface area contributed by atoms with Gasteiger partial charge in [-0.15, -0.1) is 0 Å². The van der Waals surface area contributed by atoms with Crippen molar-refractivity contribution >= 4 is 33.8 Å². The van der Waals surface area contributed by atoms with Crippen molar-refractivity contribution in [2.75, 3.05) is 0 Å². The van der Waals surface area contributed by atoms with E-state index < -0.39 is 0 Å². The summed E-state index contributed by atoms with van der Waals surface area (Å²) >= 11 is 6.17. The van der Waals surface area contributed by atoms with E-state index in [0.717, 1.165) is 22.2 Å². The third-order valence-electron chi connectivity index (χ3n) is 4.18.